The topological polar surface area (TPSA) is 78.9 Å². The Balaban J connectivity index is 4.28. The quantitative estimate of drug-likeness (QED) is 0.0344. The molecule has 0 saturated heterocycles. The van der Waals surface area contributed by atoms with Gasteiger partial charge in [0, 0.05) is 19.3 Å². The molecule has 0 spiro atoms. The highest BCUT2D eigenvalue weighted by Crippen LogP contribution is 2.18. The summed E-state index contributed by atoms with van der Waals surface area (Å²) in [4.78, 5) is 38.0. The molecule has 6 heteroatoms. The first-order valence-electron chi connectivity index (χ1n) is 27.6. The highest BCUT2D eigenvalue weighted by molar-refractivity contribution is 5.71. The number of carbonyl (C=O) groups is 3. The Labute approximate surface area is 387 Å². The summed E-state index contributed by atoms with van der Waals surface area (Å²) in [7, 11) is 0. The van der Waals surface area contributed by atoms with Crippen LogP contribution in [0.3, 0.4) is 0 Å². The van der Waals surface area contributed by atoms with Gasteiger partial charge in [-0.05, 0) is 37.0 Å². The second-order valence-electron chi connectivity index (χ2n) is 20.4. The van der Waals surface area contributed by atoms with Gasteiger partial charge in [0.1, 0.15) is 13.2 Å². The van der Waals surface area contributed by atoms with Gasteiger partial charge in [-0.3, -0.25) is 14.4 Å². The molecule has 6 nitrogen and oxygen atoms in total. The molecule has 0 aromatic rings. The first-order valence-corrected chi connectivity index (χ1v) is 27.6. The molecule has 0 bridgehead atoms. The van der Waals surface area contributed by atoms with Crippen molar-refractivity contribution >= 4 is 17.9 Å². The molecule has 0 aromatic carbocycles. The monoisotopic (exact) mass is 877 g/mol. The van der Waals surface area contributed by atoms with Crippen molar-refractivity contribution in [1.82, 2.24) is 0 Å². The SMILES string of the molecule is CCC(C)CCCCCCCCCCCCCCCCC(=O)OC[C@@H](COC(=O)CCCCCCCCCCC(C)C)OC(=O)CCCCCCCCCCCCCCC(C)C. The van der Waals surface area contributed by atoms with E-state index in [1.807, 2.05) is 0 Å². The van der Waals surface area contributed by atoms with Gasteiger partial charge in [-0.2, -0.15) is 0 Å². The number of esters is 3. The van der Waals surface area contributed by atoms with Crippen molar-refractivity contribution in [2.24, 2.45) is 17.8 Å². The summed E-state index contributed by atoms with van der Waals surface area (Å²) in [5.74, 6) is 1.67. The summed E-state index contributed by atoms with van der Waals surface area (Å²) in [5, 5.41) is 0. The van der Waals surface area contributed by atoms with Gasteiger partial charge in [0.15, 0.2) is 6.10 Å². The molecule has 2 atom stereocenters. The van der Waals surface area contributed by atoms with Gasteiger partial charge in [0.25, 0.3) is 0 Å². The number of unbranched alkanes of at least 4 members (excludes halogenated alkanes) is 31. The van der Waals surface area contributed by atoms with Crippen molar-refractivity contribution < 1.29 is 28.6 Å². The zero-order chi connectivity index (χ0) is 45.6. The molecule has 0 amide bonds. The molecular weight excluding hydrogens is 769 g/mol. The number of carbonyl (C=O) groups excluding carboxylic acids is 3. The van der Waals surface area contributed by atoms with E-state index in [1.165, 1.54) is 186 Å². The number of ether oxygens (including phenoxy) is 3. The standard InChI is InChI=1S/C56H108O6/c1-7-52(6)44-38-32-26-19-15-10-8-9-11-16-20-27-33-39-45-54(57)60-48-53(49-61-55(58)46-40-34-28-23-22-25-31-37-43-51(4)5)62-56(59)47-41-35-29-21-17-13-12-14-18-24-30-36-42-50(2)3/h50-53H,7-49H2,1-6H3/t52?,53-/m0/s1. The normalized spacial score (nSPS) is 12.6. The lowest BCUT2D eigenvalue weighted by molar-refractivity contribution is -0.167. The van der Waals surface area contributed by atoms with Gasteiger partial charge in [-0.1, -0.05) is 266 Å². The van der Waals surface area contributed by atoms with Crippen molar-refractivity contribution in [3.8, 4) is 0 Å². The molecule has 0 fully saturated rings. The van der Waals surface area contributed by atoms with Gasteiger partial charge < -0.3 is 14.2 Å². The summed E-state index contributed by atoms with van der Waals surface area (Å²) in [5.41, 5.74) is 0. The minimum atomic E-state index is -0.763. The van der Waals surface area contributed by atoms with E-state index in [-0.39, 0.29) is 31.1 Å². The fourth-order valence-electron chi connectivity index (χ4n) is 8.44. The van der Waals surface area contributed by atoms with Crippen LogP contribution in [0.1, 0.15) is 305 Å². The number of hydrogen-bond acceptors (Lipinski definition) is 6. The third-order valence-corrected chi connectivity index (χ3v) is 13.0. The zero-order valence-electron chi connectivity index (χ0n) is 42.7. The van der Waals surface area contributed by atoms with Crippen molar-refractivity contribution in [2.45, 2.75) is 311 Å². The van der Waals surface area contributed by atoms with E-state index in [9.17, 15) is 14.4 Å². The minimum absolute atomic E-state index is 0.0643. The Bertz CT molecular complexity index is 962. The first-order chi connectivity index (χ1) is 30.1. The molecule has 0 aliphatic rings. The number of hydrogen-bond donors (Lipinski definition) is 0. The summed E-state index contributed by atoms with van der Waals surface area (Å²) >= 11 is 0. The Kier molecular flexibility index (Phi) is 46.2. The molecule has 0 rings (SSSR count). The average molecular weight is 877 g/mol. The predicted octanol–water partition coefficient (Wildman–Crippen LogP) is 17.9. The van der Waals surface area contributed by atoms with Crippen molar-refractivity contribution in [3.63, 3.8) is 0 Å². The second kappa shape index (κ2) is 47.4. The lowest BCUT2D eigenvalue weighted by Gasteiger charge is -2.18. The second-order valence-corrected chi connectivity index (χ2v) is 20.4. The van der Waals surface area contributed by atoms with Crippen LogP contribution in [0.5, 0.6) is 0 Å². The maximum atomic E-state index is 12.8. The summed E-state index contributed by atoms with van der Waals surface area (Å²) in [6.45, 7) is 13.8. The van der Waals surface area contributed by atoms with Gasteiger partial charge in [-0.25, -0.2) is 0 Å². The van der Waals surface area contributed by atoms with E-state index >= 15 is 0 Å². The Morgan fingerprint density at radius 1 is 0.323 bits per heavy atom. The highest BCUT2D eigenvalue weighted by atomic mass is 16.6. The van der Waals surface area contributed by atoms with Crippen molar-refractivity contribution in [2.75, 3.05) is 13.2 Å². The molecule has 368 valence electrons. The molecule has 0 saturated carbocycles. The number of rotatable bonds is 49. The van der Waals surface area contributed by atoms with Crippen LogP contribution in [0.4, 0.5) is 0 Å². The van der Waals surface area contributed by atoms with Gasteiger partial charge >= 0.3 is 17.9 Å². The average Bonchev–Trinajstić information content (AvgIpc) is 3.24. The summed E-state index contributed by atoms with van der Waals surface area (Å²) in [6.07, 6.45) is 48.0. The first kappa shape index (κ1) is 60.4. The fraction of sp³-hybridized carbons (Fsp3) is 0.946. The van der Waals surface area contributed by atoms with E-state index < -0.39 is 6.10 Å². The van der Waals surface area contributed by atoms with Crippen LogP contribution >= 0.6 is 0 Å². The lowest BCUT2D eigenvalue weighted by Crippen LogP contribution is -2.30. The van der Waals surface area contributed by atoms with E-state index in [0.29, 0.717) is 19.3 Å². The maximum Gasteiger partial charge on any atom is 0.306 e. The van der Waals surface area contributed by atoms with Crippen molar-refractivity contribution in [1.29, 1.82) is 0 Å². The molecule has 62 heavy (non-hydrogen) atoms. The smallest absolute Gasteiger partial charge is 0.306 e. The summed E-state index contributed by atoms with van der Waals surface area (Å²) in [6, 6.07) is 0. The molecule has 0 heterocycles. The van der Waals surface area contributed by atoms with Crippen LogP contribution in [0.25, 0.3) is 0 Å². The van der Waals surface area contributed by atoms with Crippen LogP contribution < -0.4 is 0 Å². The summed E-state index contributed by atoms with van der Waals surface area (Å²) < 4.78 is 16.8. The molecule has 0 N–H and O–H groups in total. The largest absolute Gasteiger partial charge is 0.462 e. The zero-order valence-corrected chi connectivity index (χ0v) is 42.7. The minimum Gasteiger partial charge on any atom is -0.462 e. The van der Waals surface area contributed by atoms with E-state index in [1.54, 1.807) is 0 Å². The maximum absolute atomic E-state index is 12.8. The fourth-order valence-corrected chi connectivity index (χ4v) is 8.44. The van der Waals surface area contributed by atoms with Gasteiger partial charge in [0.05, 0.1) is 0 Å². The van der Waals surface area contributed by atoms with E-state index in [4.69, 9.17) is 14.2 Å². The third-order valence-electron chi connectivity index (χ3n) is 13.0. The van der Waals surface area contributed by atoms with Crippen LogP contribution in [0, 0.1) is 17.8 Å². The Morgan fingerprint density at radius 2 is 0.565 bits per heavy atom. The predicted molar refractivity (Wildman–Crippen MR) is 266 cm³/mol. The third kappa shape index (κ3) is 47.9. The van der Waals surface area contributed by atoms with E-state index in [0.717, 1.165) is 75.5 Å². The van der Waals surface area contributed by atoms with Crippen LogP contribution in [0.2, 0.25) is 0 Å². The molecule has 0 radical (unpaired) electrons. The molecule has 0 aliphatic carbocycles. The molecule has 0 aromatic heterocycles. The van der Waals surface area contributed by atoms with Crippen LogP contribution in [-0.2, 0) is 28.6 Å². The molecular formula is C56H108O6. The Morgan fingerprint density at radius 3 is 0.839 bits per heavy atom. The van der Waals surface area contributed by atoms with Crippen LogP contribution in [-0.4, -0.2) is 37.2 Å². The molecule has 1 unspecified atom stereocenters. The highest BCUT2D eigenvalue weighted by Gasteiger charge is 2.19. The van der Waals surface area contributed by atoms with E-state index in [2.05, 4.69) is 41.5 Å². The molecule has 0 aliphatic heterocycles. The van der Waals surface area contributed by atoms with Crippen LogP contribution in [0.15, 0.2) is 0 Å². The van der Waals surface area contributed by atoms with Gasteiger partial charge in [0.2, 0.25) is 0 Å². The van der Waals surface area contributed by atoms with Crippen molar-refractivity contribution in [3.05, 3.63) is 0 Å². The Hall–Kier alpha value is -1.59. The lowest BCUT2D eigenvalue weighted by atomic mass is 9.99. The van der Waals surface area contributed by atoms with Gasteiger partial charge in [-0.15, -0.1) is 0 Å².